The second-order valence-electron chi connectivity index (χ2n) is 5.45. The third-order valence-corrected chi connectivity index (χ3v) is 3.91. The zero-order chi connectivity index (χ0) is 16.5. The van der Waals surface area contributed by atoms with Gasteiger partial charge >= 0.3 is 0 Å². The monoisotopic (exact) mass is 321 g/mol. The molecule has 23 heavy (non-hydrogen) atoms. The van der Waals surface area contributed by atoms with Gasteiger partial charge in [0.25, 0.3) is 5.91 Å². The molecule has 0 aromatic heterocycles. The molecular weight excluding hydrogens is 294 g/mol. The number of anilines is 1. The largest absolute Gasteiger partial charge is 0.492 e. The van der Waals surface area contributed by atoms with Crippen molar-refractivity contribution in [2.75, 3.05) is 51.3 Å². The van der Waals surface area contributed by atoms with Crippen LogP contribution in [0.25, 0.3) is 0 Å². The topological polar surface area (TPSA) is 62.8 Å². The van der Waals surface area contributed by atoms with Crippen molar-refractivity contribution in [2.24, 2.45) is 0 Å². The van der Waals surface area contributed by atoms with Crippen molar-refractivity contribution in [3.63, 3.8) is 0 Å². The Morgan fingerprint density at radius 3 is 2.70 bits per heavy atom. The lowest BCUT2D eigenvalue weighted by Crippen LogP contribution is -2.45. The van der Waals surface area contributed by atoms with Crippen molar-refractivity contribution in [2.45, 2.75) is 20.0 Å². The van der Waals surface area contributed by atoms with Crippen molar-refractivity contribution in [1.82, 2.24) is 10.2 Å². The first-order valence-corrected chi connectivity index (χ1v) is 8.31. The number of hydrogen-bond acceptors (Lipinski definition) is 5. The fourth-order valence-corrected chi connectivity index (χ4v) is 2.42. The quantitative estimate of drug-likeness (QED) is 0.756. The van der Waals surface area contributed by atoms with Gasteiger partial charge in [-0.05, 0) is 37.4 Å². The molecule has 1 saturated heterocycles. The standard InChI is InChI=1S/C17H27N3O3/c1-3-20(4-2)10-12-22-15-7-5-14(6-8-15)19-17(21)16-13-18-9-11-23-16/h5-8,16,18H,3-4,9-13H2,1-2H3,(H,19,21)/t16-/m1/s1. The van der Waals surface area contributed by atoms with Gasteiger partial charge in [0.05, 0.1) is 6.61 Å². The Labute approximate surface area is 138 Å². The number of rotatable bonds is 8. The predicted octanol–water partition coefficient (Wildman–Crippen LogP) is 1.33. The summed E-state index contributed by atoms with van der Waals surface area (Å²) in [5.74, 6) is 0.693. The molecule has 1 amide bonds. The molecule has 6 heteroatoms. The smallest absolute Gasteiger partial charge is 0.254 e. The SMILES string of the molecule is CCN(CC)CCOc1ccc(NC(=O)[C@H]2CNCCO2)cc1. The fourth-order valence-electron chi connectivity index (χ4n) is 2.42. The second kappa shape index (κ2) is 9.50. The van der Waals surface area contributed by atoms with Crippen LogP contribution in [0.3, 0.4) is 0 Å². The molecule has 1 aromatic rings. The van der Waals surface area contributed by atoms with Gasteiger partial charge < -0.3 is 25.0 Å². The molecule has 1 aliphatic rings. The van der Waals surface area contributed by atoms with Crippen LogP contribution >= 0.6 is 0 Å². The Morgan fingerprint density at radius 2 is 2.09 bits per heavy atom. The number of carbonyl (C=O) groups is 1. The molecule has 0 saturated carbocycles. The van der Waals surface area contributed by atoms with E-state index in [9.17, 15) is 4.79 Å². The highest BCUT2D eigenvalue weighted by atomic mass is 16.5. The lowest BCUT2D eigenvalue weighted by atomic mass is 10.2. The maximum atomic E-state index is 12.1. The summed E-state index contributed by atoms with van der Waals surface area (Å²) in [5, 5.41) is 6.01. The van der Waals surface area contributed by atoms with Crippen LogP contribution in [0.2, 0.25) is 0 Å². The molecule has 1 aliphatic heterocycles. The molecule has 6 nitrogen and oxygen atoms in total. The van der Waals surface area contributed by atoms with E-state index in [1.165, 1.54) is 0 Å². The number of nitrogens with one attached hydrogen (secondary N) is 2. The summed E-state index contributed by atoms with van der Waals surface area (Å²) in [6, 6.07) is 7.44. The molecule has 1 fully saturated rings. The molecule has 128 valence electrons. The molecule has 1 heterocycles. The zero-order valence-electron chi connectivity index (χ0n) is 14.0. The van der Waals surface area contributed by atoms with E-state index < -0.39 is 6.10 Å². The van der Waals surface area contributed by atoms with Gasteiger partial charge in [-0.15, -0.1) is 0 Å². The Hall–Kier alpha value is -1.63. The molecule has 0 aliphatic carbocycles. The van der Waals surface area contributed by atoms with E-state index in [-0.39, 0.29) is 5.91 Å². The number of morpholine rings is 1. The third kappa shape index (κ3) is 5.82. The van der Waals surface area contributed by atoms with Crippen molar-refractivity contribution in [3.8, 4) is 5.75 Å². The first kappa shape index (κ1) is 17.7. The Morgan fingerprint density at radius 1 is 1.35 bits per heavy atom. The van der Waals surface area contributed by atoms with E-state index >= 15 is 0 Å². The van der Waals surface area contributed by atoms with Crippen LogP contribution in [0.5, 0.6) is 5.75 Å². The predicted molar refractivity (Wildman–Crippen MR) is 91.0 cm³/mol. The van der Waals surface area contributed by atoms with Crippen LogP contribution in [-0.2, 0) is 9.53 Å². The molecule has 0 bridgehead atoms. The Bertz CT molecular complexity index is 468. The van der Waals surface area contributed by atoms with Gasteiger partial charge in [0.1, 0.15) is 18.5 Å². The molecule has 2 rings (SSSR count). The summed E-state index contributed by atoms with van der Waals surface area (Å²) >= 11 is 0. The van der Waals surface area contributed by atoms with Crippen LogP contribution in [0.15, 0.2) is 24.3 Å². The molecule has 0 radical (unpaired) electrons. The number of carbonyl (C=O) groups excluding carboxylic acids is 1. The molecule has 1 aromatic carbocycles. The van der Waals surface area contributed by atoms with Crippen molar-refractivity contribution >= 4 is 11.6 Å². The average molecular weight is 321 g/mol. The summed E-state index contributed by atoms with van der Waals surface area (Å²) in [7, 11) is 0. The molecular formula is C17H27N3O3. The fraction of sp³-hybridized carbons (Fsp3) is 0.588. The number of nitrogens with zero attached hydrogens (tertiary/aromatic N) is 1. The van der Waals surface area contributed by atoms with Crippen molar-refractivity contribution in [1.29, 1.82) is 0 Å². The first-order valence-electron chi connectivity index (χ1n) is 8.31. The third-order valence-electron chi connectivity index (χ3n) is 3.91. The van der Waals surface area contributed by atoms with Crippen LogP contribution < -0.4 is 15.4 Å². The normalized spacial score (nSPS) is 18.0. The molecule has 2 N–H and O–H groups in total. The number of amides is 1. The average Bonchev–Trinajstić information content (AvgIpc) is 2.61. The lowest BCUT2D eigenvalue weighted by molar-refractivity contribution is -0.128. The van der Waals surface area contributed by atoms with E-state index in [0.717, 1.165) is 37.6 Å². The van der Waals surface area contributed by atoms with Gasteiger partial charge in [0.15, 0.2) is 0 Å². The second-order valence-corrected chi connectivity index (χ2v) is 5.45. The lowest BCUT2D eigenvalue weighted by Gasteiger charge is -2.22. The summed E-state index contributed by atoms with van der Waals surface area (Å²) in [5.41, 5.74) is 0.750. The van der Waals surface area contributed by atoms with Crippen LogP contribution in [0.1, 0.15) is 13.8 Å². The molecule has 1 atom stereocenters. The van der Waals surface area contributed by atoms with Crippen LogP contribution in [0, 0.1) is 0 Å². The van der Waals surface area contributed by atoms with E-state index in [1.54, 1.807) is 0 Å². The Balaban J connectivity index is 1.76. The number of benzene rings is 1. The highest BCUT2D eigenvalue weighted by molar-refractivity contribution is 5.94. The zero-order valence-corrected chi connectivity index (χ0v) is 14.0. The van der Waals surface area contributed by atoms with Gasteiger partial charge in [-0.3, -0.25) is 4.79 Å². The van der Waals surface area contributed by atoms with E-state index in [1.807, 2.05) is 24.3 Å². The Kier molecular flexibility index (Phi) is 7.32. The number of hydrogen-bond donors (Lipinski definition) is 2. The summed E-state index contributed by atoms with van der Waals surface area (Å²) in [4.78, 5) is 14.4. The maximum Gasteiger partial charge on any atom is 0.254 e. The minimum Gasteiger partial charge on any atom is -0.492 e. The van der Waals surface area contributed by atoms with Crippen molar-refractivity contribution < 1.29 is 14.3 Å². The minimum absolute atomic E-state index is 0.118. The molecule has 0 unspecified atom stereocenters. The summed E-state index contributed by atoms with van der Waals surface area (Å²) in [6.07, 6.45) is -0.422. The van der Waals surface area contributed by atoms with Crippen molar-refractivity contribution in [3.05, 3.63) is 24.3 Å². The minimum atomic E-state index is -0.422. The summed E-state index contributed by atoms with van der Waals surface area (Å²) in [6.45, 7) is 9.84. The first-order chi connectivity index (χ1) is 11.2. The maximum absolute atomic E-state index is 12.1. The van der Waals surface area contributed by atoms with E-state index in [4.69, 9.17) is 9.47 Å². The number of likely N-dealkylation sites (N-methyl/N-ethyl adjacent to an activating group) is 1. The van der Waals surface area contributed by atoms with Gasteiger partial charge in [0, 0.05) is 25.3 Å². The highest BCUT2D eigenvalue weighted by Gasteiger charge is 2.21. The highest BCUT2D eigenvalue weighted by Crippen LogP contribution is 2.16. The van der Waals surface area contributed by atoms with E-state index in [0.29, 0.717) is 19.8 Å². The van der Waals surface area contributed by atoms with Gasteiger partial charge in [-0.2, -0.15) is 0 Å². The van der Waals surface area contributed by atoms with Gasteiger partial charge in [-0.25, -0.2) is 0 Å². The number of ether oxygens (including phenoxy) is 2. The van der Waals surface area contributed by atoms with Gasteiger partial charge in [0.2, 0.25) is 0 Å². The van der Waals surface area contributed by atoms with Crippen LogP contribution in [0.4, 0.5) is 5.69 Å². The summed E-state index contributed by atoms with van der Waals surface area (Å²) < 4.78 is 11.2. The van der Waals surface area contributed by atoms with Gasteiger partial charge in [-0.1, -0.05) is 13.8 Å². The van der Waals surface area contributed by atoms with Crippen LogP contribution in [-0.4, -0.2) is 62.8 Å². The molecule has 0 spiro atoms. The van der Waals surface area contributed by atoms with E-state index in [2.05, 4.69) is 29.4 Å².